The minimum atomic E-state index is 0.446. The van der Waals surface area contributed by atoms with Gasteiger partial charge in [-0.2, -0.15) is 14.8 Å². The summed E-state index contributed by atoms with van der Waals surface area (Å²) in [7, 11) is 3.29. The van der Waals surface area contributed by atoms with Crippen molar-refractivity contribution in [2.24, 2.45) is 9.98 Å². The van der Waals surface area contributed by atoms with E-state index in [1.165, 1.54) is 6.33 Å². The molecule has 0 amide bonds. The summed E-state index contributed by atoms with van der Waals surface area (Å²) in [6, 6.07) is 15.5. The molecule has 2 aromatic carbocycles. The van der Waals surface area contributed by atoms with Gasteiger partial charge in [-0.25, -0.2) is 4.99 Å². The smallest absolute Gasteiger partial charge is 0.254 e. The molecule has 0 unspecified atom stereocenters. The molecule has 0 N–H and O–H groups in total. The zero-order valence-corrected chi connectivity index (χ0v) is 14.5. The van der Waals surface area contributed by atoms with Crippen LogP contribution in [0.15, 0.2) is 64.8 Å². The molecule has 26 heavy (non-hydrogen) atoms. The van der Waals surface area contributed by atoms with Gasteiger partial charge < -0.3 is 9.47 Å². The fraction of sp³-hybridized carbons (Fsp3) is 0.158. The number of para-hydroxylation sites is 1. The molecule has 3 aromatic rings. The third-order valence-electron chi connectivity index (χ3n) is 4.09. The fourth-order valence-corrected chi connectivity index (χ4v) is 2.81. The number of benzene rings is 2. The quantitative estimate of drug-likeness (QED) is 0.711. The van der Waals surface area contributed by atoms with Crippen LogP contribution in [0.25, 0.3) is 0 Å². The molecule has 0 spiro atoms. The number of methoxy groups -OCH3 is 2. The predicted molar refractivity (Wildman–Crippen MR) is 98.7 cm³/mol. The van der Waals surface area contributed by atoms with E-state index >= 15 is 0 Å². The maximum absolute atomic E-state index is 5.41. The molecular formula is C19H17N5O2. The van der Waals surface area contributed by atoms with Crippen LogP contribution >= 0.6 is 0 Å². The molecule has 2 heterocycles. The highest BCUT2D eigenvalue weighted by molar-refractivity contribution is 6.50. The predicted octanol–water partition coefficient (Wildman–Crippen LogP) is 2.88. The Kier molecular flexibility index (Phi) is 4.18. The van der Waals surface area contributed by atoms with Crippen molar-refractivity contribution in [2.75, 3.05) is 14.2 Å². The minimum absolute atomic E-state index is 0.446. The molecule has 130 valence electrons. The van der Waals surface area contributed by atoms with Crippen LogP contribution in [0.1, 0.15) is 11.1 Å². The van der Waals surface area contributed by atoms with Crippen molar-refractivity contribution in [1.29, 1.82) is 0 Å². The summed E-state index contributed by atoms with van der Waals surface area (Å²) in [5.74, 6) is 2.72. The monoisotopic (exact) mass is 347 g/mol. The first-order valence-electron chi connectivity index (χ1n) is 8.10. The molecule has 0 fully saturated rings. The maximum Gasteiger partial charge on any atom is 0.254 e. The van der Waals surface area contributed by atoms with E-state index in [0.29, 0.717) is 18.3 Å². The van der Waals surface area contributed by atoms with Gasteiger partial charge in [0.25, 0.3) is 5.95 Å². The first-order valence-corrected chi connectivity index (χ1v) is 8.10. The number of fused-ring (bicyclic) bond motifs is 1. The number of rotatable bonds is 5. The summed E-state index contributed by atoms with van der Waals surface area (Å²) in [6.45, 7) is 0.446. The Labute approximate surface area is 150 Å². The average Bonchev–Trinajstić information content (AvgIpc) is 3.28. The van der Waals surface area contributed by atoms with E-state index < -0.39 is 0 Å². The van der Waals surface area contributed by atoms with Gasteiger partial charge in [0, 0.05) is 11.1 Å². The maximum atomic E-state index is 5.41. The van der Waals surface area contributed by atoms with Crippen molar-refractivity contribution >= 4 is 17.5 Å². The summed E-state index contributed by atoms with van der Waals surface area (Å²) in [4.78, 5) is 13.5. The van der Waals surface area contributed by atoms with Crippen molar-refractivity contribution in [1.82, 2.24) is 14.8 Å². The summed E-state index contributed by atoms with van der Waals surface area (Å²) in [5.41, 5.74) is 2.60. The zero-order valence-electron chi connectivity index (χ0n) is 14.5. The molecule has 0 saturated carbocycles. The molecule has 4 rings (SSSR count). The molecule has 0 atom stereocenters. The van der Waals surface area contributed by atoms with Crippen molar-refractivity contribution < 1.29 is 9.47 Å². The van der Waals surface area contributed by atoms with Gasteiger partial charge in [0.1, 0.15) is 23.5 Å². The van der Waals surface area contributed by atoms with Gasteiger partial charge in [-0.1, -0.05) is 30.3 Å². The number of aromatic nitrogens is 3. The molecule has 0 bridgehead atoms. The van der Waals surface area contributed by atoms with Crippen molar-refractivity contribution in [3.63, 3.8) is 0 Å². The largest absolute Gasteiger partial charge is 0.497 e. The van der Waals surface area contributed by atoms with Crippen LogP contribution in [0.2, 0.25) is 0 Å². The Bertz CT molecular complexity index is 1010. The highest BCUT2D eigenvalue weighted by atomic mass is 16.5. The Morgan fingerprint density at radius 1 is 1.04 bits per heavy atom. The van der Waals surface area contributed by atoms with Crippen LogP contribution in [0.3, 0.4) is 0 Å². The van der Waals surface area contributed by atoms with Crippen LogP contribution in [0, 0.1) is 0 Å². The molecule has 1 aliphatic rings. The summed E-state index contributed by atoms with van der Waals surface area (Å²) in [6.07, 6.45) is 1.47. The molecule has 0 aliphatic carbocycles. The Morgan fingerprint density at radius 3 is 2.77 bits per heavy atom. The lowest BCUT2D eigenvalue weighted by molar-refractivity contribution is 0.410. The van der Waals surface area contributed by atoms with E-state index in [-0.39, 0.29) is 0 Å². The van der Waals surface area contributed by atoms with E-state index in [2.05, 4.69) is 15.1 Å². The van der Waals surface area contributed by atoms with Crippen LogP contribution in [0.4, 0.5) is 5.95 Å². The standard InChI is InChI=1S/C19H17N5O2/c1-25-15-8-5-7-13(10-15)17-18(24-19(23-17)21-12-22-24)20-11-14-6-3-4-9-16(14)26-2/h3-10,12H,11H2,1-2H3. The Hall–Kier alpha value is -3.48. The lowest BCUT2D eigenvalue weighted by atomic mass is 10.1. The fourth-order valence-electron chi connectivity index (χ4n) is 2.81. The molecule has 1 aliphatic heterocycles. The van der Waals surface area contributed by atoms with Gasteiger partial charge in [0.15, 0.2) is 5.84 Å². The van der Waals surface area contributed by atoms with Crippen molar-refractivity contribution in [3.8, 4) is 11.5 Å². The van der Waals surface area contributed by atoms with Gasteiger partial charge in [-0.05, 0) is 18.2 Å². The lowest BCUT2D eigenvalue weighted by Crippen LogP contribution is -2.20. The third-order valence-corrected chi connectivity index (χ3v) is 4.09. The average molecular weight is 347 g/mol. The highest BCUT2D eigenvalue weighted by Gasteiger charge is 2.25. The normalized spacial score (nSPS) is 14.2. The number of nitrogens with zero attached hydrogens (tertiary/aromatic N) is 5. The molecular weight excluding hydrogens is 330 g/mol. The Morgan fingerprint density at radius 2 is 1.92 bits per heavy atom. The molecule has 7 heteroatoms. The molecule has 0 saturated heterocycles. The van der Waals surface area contributed by atoms with Crippen LogP contribution < -0.4 is 9.47 Å². The lowest BCUT2D eigenvalue weighted by Gasteiger charge is -2.08. The van der Waals surface area contributed by atoms with Crippen molar-refractivity contribution in [2.45, 2.75) is 6.54 Å². The van der Waals surface area contributed by atoms with E-state index in [0.717, 1.165) is 28.3 Å². The summed E-state index contributed by atoms with van der Waals surface area (Å²) < 4.78 is 12.4. The van der Waals surface area contributed by atoms with Gasteiger partial charge in [0.05, 0.1) is 20.8 Å². The minimum Gasteiger partial charge on any atom is -0.497 e. The van der Waals surface area contributed by atoms with Crippen LogP contribution in [-0.2, 0) is 6.54 Å². The molecule has 1 aromatic heterocycles. The SMILES string of the molecule is COc1cccc(C2=Nc3ncnn3C2=NCc2ccccc2OC)c1. The molecule has 0 radical (unpaired) electrons. The van der Waals surface area contributed by atoms with Gasteiger partial charge in [0.2, 0.25) is 0 Å². The second kappa shape index (κ2) is 6.79. The van der Waals surface area contributed by atoms with Gasteiger partial charge >= 0.3 is 0 Å². The van der Waals surface area contributed by atoms with Crippen LogP contribution in [-0.4, -0.2) is 40.5 Å². The molecule has 7 nitrogen and oxygen atoms in total. The second-order valence-corrected chi connectivity index (χ2v) is 5.62. The first kappa shape index (κ1) is 16.0. The topological polar surface area (TPSA) is 73.9 Å². The third kappa shape index (κ3) is 2.83. The zero-order chi connectivity index (χ0) is 17.9. The number of hydrogen-bond acceptors (Lipinski definition) is 6. The number of ether oxygens (including phenoxy) is 2. The van der Waals surface area contributed by atoms with Crippen molar-refractivity contribution in [3.05, 3.63) is 66.0 Å². The number of aliphatic imine (C=N–C) groups is 2. The van der Waals surface area contributed by atoms with Crippen LogP contribution in [0.5, 0.6) is 11.5 Å². The van der Waals surface area contributed by atoms with Gasteiger partial charge in [-0.15, -0.1) is 0 Å². The second-order valence-electron chi connectivity index (χ2n) is 5.62. The van der Waals surface area contributed by atoms with E-state index in [4.69, 9.17) is 14.5 Å². The Balaban J connectivity index is 1.73. The van der Waals surface area contributed by atoms with E-state index in [1.54, 1.807) is 18.9 Å². The highest BCUT2D eigenvalue weighted by Crippen LogP contribution is 2.24. The summed E-state index contributed by atoms with van der Waals surface area (Å²) in [5, 5.41) is 4.25. The summed E-state index contributed by atoms with van der Waals surface area (Å²) >= 11 is 0. The first-order chi connectivity index (χ1) is 12.8. The number of hydrogen-bond donors (Lipinski definition) is 0. The van der Waals surface area contributed by atoms with E-state index in [9.17, 15) is 0 Å². The van der Waals surface area contributed by atoms with E-state index in [1.807, 2.05) is 48.5 Å². The van der Waals surface area contributed by atoms with Gasteiger partial charge in [-0.3, -0.25) is 4.99 Å².